The van der Waals surface area contributed by atoms with Crippen molar-refractivity contribution >= 4 is 23.8 Å². The highest BCUT2D eigenvalue weighted by atomic mass is 16.6. The summed E-state index contributed by atoms with van der Waals surface area (Å²) in [5.41, 5.74) is -0.145. The van der Waals surface area contributed by atoms with Gasteiger partial charge in [0.25, 0.3) is 0 Å². The van der Waals surface area contributed by atoms with Gasteiger partial charge in [-0.3, -0.25) is 9.59 Å². The monoisotopic (exact) mass is 492 g/mol. The van der Waals surface area contributed by atoms with Crippen molar-refractivity contribution in [3.05, 3.63) is 29.8 Å². The van der Waals surface area contributed by atoms with Crippen molar-refractivity contribution in [2.75, 3.05) is 32.9 Å². The van der Waals surface area contributed by atoms with E-state index in [1.165, 1.54) is 0 Å². The number of carbonyl (C=O) groups is 4. The lowest BCUT2D eigenvalue weighted by atomic mass is 10.1. The largest absolute Gasteiger partial charge is 0.482 e. The van der Waals surface area contributed by atoms with Gasteiger partial charge in [-0.15, -0.1) is 0 Å². The van der Waals surface area contributed by atoms with Crippen LogP contribution in [0.3, 0.4) is 0 Å². The maximum atomic E-state index is 12.6. The molecule has 10 heteroatoms. The summed E-state index contributed by atoms with van der Waals surface area (Å²) in [6.07, 6.45) is 0.712. The van der Waals surface area contributed by atoms with Crippen LogP contribution in [0.15, 0.2) is 24.3 Å². The van der Waals surface area contributed by atoms with Crippen molar-refractivity contribution in [3.63, 3.8) is 0 Å². The zero-order valence-electron chi connectivity index (χ0n) is 21.1. The number of amides is 2. The smallest absolute Gasteiger partial charge is 0.410 e. The molecule has 194 valence electrons. The first-order valence-corrected chi connectivity index (χ1v) is 11.8. The number of esters is 1. The second-order valence-corrected chi connectivity index (χ2v) is 9.25. The SMILES string of the molecule is CCOC(=O)COc1ccc(C(=O)[C@H](C)NC(=O)COC2CCN(C(=O)OC(C)(C)C)CC2)cc1. The summed E-state index contributed by atoms with van der Waals surface area (Å²) in [7, 11) is 0. The number of piperidine rings is 1. The number of benzene rings is 1. The number of Topliss-reactive ketones (excluding diaryl/α,β-unsaturated/α-hetero) is 1. The highest BCUT2D eigenvalue weighted by molar-refractivity contribution is 6.01. The second kappa shape index (κ2) is 13.1. The number of nitrogens with one attached hydrogen (secondary N) is 1. The minimum Gasteiger partial charge on any atom is -0.482 e. The molecular formula is C25H36N2O8. The molecule has 0 radical (unpaired) electrons. The third-order valence-corrected chi connectivity index (χ3v) is 5.12. The van der Waals surface area contributed by atoms with Gasteiger partial charge in [-0.05, 0) is 71.7 Å². The minimum absolute atomic E-state index is 0.146. The molecule has 1 atom stereocenters. The number of likely N-dealkylation sites (tertiary alicyclic amines) is 1. The Kier molecular flexibility index (Phi) is 10.5. The van der Waals surface area contributed by atoms with E-state index in [1.54, 1.807) is 43.0 Å². The Morgan fingerprint density at radius 1 is 1.06 bits per heavy atom. The number of ketones is 1. The fraction of sp³-hybridized carbons (Fsp3) is 0.600. The molecule has 1 N–H and O–H groups in total. The Labute approximate surface area is 206 Å². The molecule has 1 fully saturated rings. The fourth-order valence-corrected chi connectivity index (χ4v) is 3.38. The van der Waals surface area contributed by atoms with Crippen LogP contribution in [-0.4, -0.2) is 79.3 Å². The van der Waals surface area contributed by atoms with E-state index in [0.29, 0.717) is 37.2 Å². The van der Waals surface area contributed by atoms with Gasteiger partial charge < -0.3 is 29.2 Å². The van der Waals surface area contributed by atoms with Gasteiger partial charge in [0, 0.05) is 18.7 Å². The number of carbonyl (C=O) groups excluding carboxylic acids is 4. The van der Waals surface area contributed by atoms with E-state index in [1.807, 2.05) is 20.8 Å². The van der Waals surface area contributed by atoms with Crippen LogP contribution in [0.1, 0.15) is 57.8 Å². The molecule has 1 aromatic carbocycles. The third kappa shape index (κ3) is 9.94. The summed E-state index contributed by atoms with van der Waals surface area (Å²) < 4.78 is 21.2. The Morgan fingerprint density at radius 3 is 2.26 bits per heavy atom. The predicted octanol–water partition coefficient (Wildman–Crippen LogP) is 2.73. The molecule has 1 heterocycles. The van der Waals surface area contributed by atoms with Crippen LogP contribution in [0, 0.1) is 0 Å². The van der Waals surface area contributed by atoms with E-state index in [2.05, 4.69) is 5.32 Å². The van der Waals surface area contributed by atoms with E-state index in [-0.39, 0.29) is 37.8 Å². The Hall–Kier alpha value is -3.14. The van der Waals surface area contributed by atoms with Crippen molar-refractivity contribution in [2.24, 2.45) is 0 Å². The number of ether oxygens (including phenoxy) is 4. The summed E-state index contributed by atoms with van der Waals surface area (Å²) in [4.78, 5) is 50.0. The highest BCUT2D eigenvalue weighted by Crippen LogP contribution is 2.17. The lowest BCUT2D eigenvalue weighted by molar-refractivity contribution is -0.145. The van der Waals surface area contributed by atoms with Crippen LogP contribution in [0.5, 0.6) is 5.75 Å². The molecular weight excluding hydrogens is 456 g/mol. The van der Waals surface area contributed by atoms with Gasteiger partial charge in [-0.25, -0.2) is 9.59 Å². The summed E-state index contributed by atoms with van der Waals surface area (Å²) in [6.45, 7) is 9.66. The molecule has 1 aliphatic rings. The summed E-state index contributed by atoms with van der Waals surface area (Å²) in [5.74, 6) is -0.701. The molecule has 0 bridgehead atoms. The Bertz CT molecular complexity index is 870. The Morgan fingerprint density at radius 2 is 1.69 bits per heavy atom. The number of hydrogen-bond donors (Lipinski definition) is 1. The van der Waals surface area contributed by atoms with Gasteiger partial charge in [0.2, 0.25) is 5.91 Å². The van der Waals surface area contributed by atoms with Crippen LogP contribution in [0.4, 0.5) is 4.79 Å². The van der Waals surface area contributed by atoms with E-state index in [0.717, 1.165) is 0 Å². The van der Waals surface area contributed by atoms with Crippen LogP contribution >= 0.6 is 0 Å². The lowest BCUT2D eigenvalue weighted by Gasteiger charge is -2.33. The van der Waals surface area contributed by atoms with Crippen LogP contribution in [-0.2, 0) is 23.8 Å². The highest BCUT2D eigenvalue weighted by Gasteiger charge is 2.27. The summed E-state index contributed by atoms with van der Waals surface area (Å²) >= 11 is 0. The second-order valence-electron chi connectivity index (χ2n) is 9.25. The maximum Gasteiger partial charge on any atom is 0.410 e. The lowest BCUT2D eigenvalue weighted by Crippen LogP contribution is -2.45. The Balaban J connectivity index is 1.71. The summed E-state index contributed by atoms with van der Waals surface area (Å²) in [6, 6.07) is 5.55. The molecule has 1 aliphatic heterocycles. The van der Waals surface area contributed by atoms with Crippen LogP contribution in [0.25, 0.3) is 0 Å². The van der Waals surface area contributed by atoms with E-state index >= 15 is 0 Å². The molecule has 0 unspecified atom stereocenters. The molecule has 2 amide bonds. The van der Waals surface area contributed by atoms with Gasteiger partial charge >= 0.3 is 12.1 Å². The normalized spacial score (nSPS) is 15.2. The van der Waals surface area contributed by atoms with Crippen molar-refractivity contribution in [2.45, 2.75) is 65.2 Å². The maximum absolute atomic E-state index is 12.6. The molecule has 35 heavy (non-hydrogen) atoms. The van der Waals surface area contributed by atoms with Crippen molar-refractivity contribution in [3.8, 4) is 5.75 Å². The number of rotatable bonds is 10. The quantitative estimate of drug-likeness (QED) is 0.391. The first kappa shape index (κ1) is 28.1. The molecule has 0 spiro atoms. The molecule has 0 aliphatic carbocycles. The topological polar surface area (TPSA) is 120 Å². The van der Waals surface area contributed by atoms with E-state index < -0.39 is 23.5 Å². The minimum atomic E-state index is -0.744. The van der Waals surface area contributed by atoms with Gasteiger partial charge in [0.15, 0.2) is 12.4 Å². The molecule has 0 saturated carbocycles. The third-order valence-electron chi connectivity index (χ3n) is 5.12. The van der Waals surface area contributed by atoms with Gasteiger partial charge in [0.05, 0.1) is 18.8 Å². The van der Waals surface area contributed by atoms with Crippen LogP contribution in [0.2, 0.25) is 0 Å². The first-order valence-electron chi connectivity index (χ1n) is 11.8. The zero-order chi connectivity index (χ0) is 26.0. The van der Waals surface area contributed by atoms with Crippen molar-refractivity contribution in [1.82, 2.24) is 10.2 Å². The van der Waals surface area contributed by atoms with Crippen LogP contribution < -0.4 is 10.1 Å². The van der Waals surface area contributed by atoms with Gasteiger partial charge in [-0.2, -0.15) is 0 Å². The molecule has 10 nitrogen and oxygen atoms in total. The van der Waals surface area contributed by atoms with Crippen molar-refractivity contribution < 1.29 is 38.1 Å². The molecule has 2 rings (SSSR count). The number of hydrogen-bond acceptors (Lipinski definition) is 8. The first-order chi connectivity index (χ1) is 16.5. The van der Waals surface area contributed by atoms with Gasteiger partial charge in [-0.1, -0.05) is 0 Å². The summed E-state index contributed by atoms with van der Waals surface area (Å²) in [5, 5.41) is 2.65. The average molecular weight is 493 g/mol. The molecule has 1 saturated heterocycles. The number of nitrogens with zero attached hydrogens (tertiary/aromatic N) is 1. The van der Waals surface area contributed by atoms with Gasteiger partial charge in [0.1, 0.15) is 18.0 Å². The molecule has 1 aromatic rings. The zero-order valence-corrected chi connectivity index (χ0v) is 21.1. The van der Waals surface area contributed by atoms with Crippen molar-refractivity contribution in [1.29, 1.82) is 0 Å². The van der Waals surface area contributed by atoms with E-state index in [4.69, 9.17) is 18.9 Å². The predicted molar refractivity (Wildman–Crippen MR) is 127 cm³/mol. The van der Waals surface area contributed by atoms with E-state index in [9.17, 15) is 19.2 Å². The average Bonchev–Trinajstić information content (AvgIpc) is 2.80. The fourth-order valence-electron chi connectivity index (χ4n) is 3.38. The standard InChI is InChI=1S/C25H36N2O8/c1-6-32-22(29)16-34-19-9-7-18(8-10-19)23(30)17(2)26-21(28)15-33-20-11-13-27(14-12-20)24(31)35-25(3,4)5/h7-10,17,20H,6,11-16H2,1-5H3,(H,26,28)/t17-/m0/s1. The molecule has 0 aromatic heterocycles.